The molecule has 4 nitrogen and oxygen atoms in total. The Morgan fingerprint density at radius 1 is 1.29 bits per heavy atom. The molecule has 0 saturated carbocycles. The van der Waals surface area contributed by atoms with Crippen molar-refractivity contribution in [3.8, 4) is 0 Å². The first-order valence-electron chi connectivity index (χ1n) is 6.38. The molecule has 0 bridgehead atoms. The second-order valence-electron chi connectivity index (χ2n) is 4.37. The summed E-state index contributed by atoms with van der Waals surface area (Å²) in [6.45, 7) is 1.63. The number of thiophene rings is 1. The average Bonchev–Trinajstić information content (AvgIpc) is 2.96. The highest BCUT2D eigenvalue weighted by Gasteiger charge is 2.05. The molecule has 0 saturated heterocycles. The summed E-state index contributed by atoms with van der Waals surface area (Å²) in [6.07, 6.45) is 2.97. The zero-order chi connectivity index (χ0) is 15.1. The van der Waals surface area contributed by atoms with Gasteiger partial charge in [0.15, 0.2) is 6.61 Å². The number of benzene rings is 1. The average molecular weight is 301 g/mol. The number of amides is 1. The zero-order valence-corrected chi connectivity index (χ0v) is 12.4. The Bertz CT molecular complexity index is 647. The number of carbonyl (C=O) groups excluding carboxylic acids is 2. The largest absolute Gasteiger partial charge is 0.452 e. The van der Waals surface area contributed by atoms with Gasteiger partial charge in [0.2, 0.25) is 0 Å². The minimum Gasteiger partial charge on any atom is -0.452 e. The number of hydrogen-bond acceptors (Lipinski definition) is 4. The van der Waals surface area contributed by atoms with Gasteiger partial charge in [-0.2, -0.15) is 0 Å². The molecule has 0 aliphatic carbocycles. The van der Waals surface area contributed by atoms with Crippen LogP contribution in [0.5, 0.6) is 0 Å². The molecule has 0 atom stereocenters. The van der Waals surface area contributed by atoms with Gasteiger partial charge in [0.1, 0.15) is 0 Å². The summed E-state index contributed by atoms with van der Waals surface area (Å²) in [5.41, 5.74) is 1.73. The topological polar surface area (TPSA) is 55.4 Å². The van der Waals surface area contributed by atoms with Crippen LogP contribution in [0.25, 0.3) is 6.08 Å². The van der Waals surface area contributed by atoms with Crippen LogP contribution in [0.4, 0.5) is 5.69 Å². The normalized spacial score (nSPS) is 10.5. The van der Waals surface area contributed by atoms with Gasteiger partial charge in [-0.25, -0.2) is 4.79 Å². The van der Waals surface area contributed by atoms with Crippen LogP contribution in [0.15, 0.2) is 47.9 Å². The van der Waals surface area contributed by atoms with Gasteiger partial charge in [0.25, 0.3) is 5.91 Å². The highest BCUT2D eigenvalue weighted by atomic mass is 32.1. The molecule has 0 aliphatic heterocycles. The molecular formula is C16H15NO3S. The number of nitrogens with one attached hydrogen (secondary N) is 1. The van der Waals surface area contributed by atoms with Gasteiger partial charge in [0, 0.05) is 16.6 Å². The van der Waals surface area contributed by atoms with Crippen molar-refractivity contribution >= 4 is 35.0 Å². The van der Waals surface area contributed by atoms with Crippen LogP contribution < -0.4 is 5.32 Å². The molecule has 108 valence electrons. The highest BCUT2D eigenvalue weighted by Crippen LogP contribution is 2.10. The van der Waals surface area contributed by atoms with Gasteiger partial charge < -0.3 is 10.1 Å². The maximum atomic E-state index is 11.7. The SMILES string of the molecule is Cc1cccc(NC(=O)COC(=O)/C=C/c2cccs2)c1. The lowest BCUT2D eigenvalue weighted by Gasteiger charge is -2.05. The zero-order valence-electron chi connectivity index (χ0n) is 11.5. The number of esters is 1. The maximum absolute atomic E-state index is 11.7. The second-order valence-corrected chi connectivity index (χ2v) is 5.35. The Labute approximate surface area is 127 Å². The number of anilines is 1. The fourth-order valence-electron chi connectivity index (χ4n) is 1.64. The molecule has 2 aromatic rings. The summed E-state index contributed by atoms with van der Waals surface area (Å²) >= 11 is 1.52. The third-order valence-electron chi connectivity index (χ3n) is 2.57. The molecule has 1 aromatic carbocycles. The molecule has 1 heterocycles. The molecule has 0 radical (unpaired) electrons. The first-order valence-corrected chi connectivity index (χ1v) is 7.26. The van der Waals surface area contributed by atoms with E-state index in [1.165, 1.54) is 17.4 Å². The lowest BCUT2D eigenvalue weighted by atomic mass is 10.2. The first kappa shape index (κ1) is 15.0. The Kier molecular flexibility index (Phi) is 5.29. The Hall–Kier alpha value is -2.40. The van der Waals surface area contributed by atoms with Crippen LogP contribution in [-0.4, -0.2) is 18.5 Å². The van der Waals surface area contributed by atoms with Gasteiger partial charge in [0.05, 0.1) is 0 Å². The van der Waals surface area contributed by atoms with Crippen LogP contribution in [0, 0.1) is 6.92 Å². The van der Waals surface area contributed by atoms with Crippen molar-refractivity contribution in [2.75, 3.05) is 11.9 Å². The van der Waals surface area contributed by atoms with Crippen molar-refractivity contribution in [1.82, 2.24) is 0 Å². The first-order chi connectivity index (χ1) is 10.1. The maximum Gasteiger partial charge on any atom is 0.331 e. The van der Waals surface area contributed by atoms with Crippen molar-refractivity contribution in [2.24, 2.45) is 0 Å². The van der Waals surface area contributed by atoms with Gasteiger partial charge in [-0.3, -0.25) is 4.79 Å². The van der Waals surface area contributed by atoms with Gasteiger partial charge in [-0.05, 0) is 42.1 Å². The third-order valence-corrected chi connectivity index (χ3v) is 3.41. The number of aryl methyl sites for hydroxylation is 1. The molecular weight excluding hydrogens is 286 g/mol. The predicted octanol–water partition coefficient (Wildman–Crippen LogP) is 3.25. The monoisotopic (exact) mass is 301 g/mol. The van der Waals surface area contributed by atoms with Crippen LogP contribution in [0.3, 0.4) is 0 Å². The van der Waals surface area contributed by atoms with Crippen molar-refractivity contribution < 1.29 is 14.3 Å². The smallest absolute Gasteiger partial charge is 0.331 e. The van der Waals surface area contributed by atoms with E-state index in [9.17, 15) is 9.59 Å². The Morgan fingerprint density at radius 2 is 2.14 bits per heavy atom. The fourth-order valence-corrected chi connectivity index (χ4v) is 2.26. The molecule has 0 unspecified atom stereocenters. The van der Waals surface area contributed by atoms with E-state index >= 15 is 0 Å². The number of rotatable bonds is 5. The quantitative estimate of drug-likeness (QED) is 0.681. The summed E-state index contributed by atoms with van der Waals surface area (Å²) in [5.74, 6) is -0.902. The summed E-state index contributed by atoms with van der Waals surface area (Å²) in [7, 11) is 0. The summed E-state index contributed by atoms with van der Waals surface area (Å²) in [5, 5.41) is 4.59. The van der Waals surface area contributed by atoms with E-state index in [0.29, 0.717) is 5.69 Å². The van der Waals surface area contributed by atoms with E-state index < -0.39 is 5.97 Å². The second kappa shape index (κ2) is 7.40. The summed E-state index contributed by atoms with van der Waals surface area (Å²) in [6, 6.07) is 11.2. The van der Waals surface area contributed by atoms with Crippen molar-refractivity contribution in [3.05, 3.63) is 58.3 Å². The molecule has 2 rings (SSSR count). The number of ether oxygens (including phenoxy) is 1. The van der Waals surface area contributed by atoms with Crippen LogP contribution in [-0.2, 0) is 14.3 Å². The molecule has 0 aliphatic rings. The molecule has 1 amide bonds. The van der Waals surface area contributed by atoms with Crippen LogP contribution in [0.2, 0.25) is 0 Å². The van der Waals surface area contributed by atoms with E-state index in [0.717, 1.165) is 10.4 Å². The number of hydrogen-bond donors (Lipinski definition) is 1. The lowest BCUT2D eigenvalue weighted by molar-refractivity contribution is -0.142. The Morgan fingerprint density at radius 3 is 2.86 bits per heavy atom. The molecule has 0 fully saturated rings. The minimum atomic E-state index is -0.539. The standard InChI is InChI=1S/C16H15NO3S/c1-12-4-2-5-13(10-12)17-15(18)11-20-16(19)8-7-14-6-3-9-21-14/h2-10H,11H2,1H3,(H,17,18)/b8-7+. The Balaban J connectivity index is 1.77. The van der Waals surface area contributed by atoms with E-state index in [1.54, 1.807) is 12.1 Å². The predicted molar refractivity (Wildman–Crippen MR) is 84.1 cm³/mol. The van der Waals surface area contributed by atoms with E-state index in [-0.39, 0.29) is 12.5 Å². The fraction of sp³-hybridized carbons (Fsp3) is 0.125. The van der Waals surface area contributed by atoms with Crippen LogP contribution in [0.1, 0.15) is 10.4 Å². The van der Waals surface area contributed by atoms with E-state index in [1.807, 2.05) is 42.6 Å². The lowest BCUT2D eigenvalue weighted by Crippen LogP contribution is -2.20. The van der Waals surface area contributed by atoms with E-state index in [4.69, 9.17) is 4.74 Å². The minimum absolute atomic E-state index is 0.304. The van der Waals surface area contributed by atoms with Gasteiger partial charge >= 0.3 is 5.97 Å². The third kappa shape index (κ3) is 5.24. The molecule has 1 N–H and O–H groups in total. The molecule has 1 aromatic heterocycles. The van der Waals surface area contributed by atoms with Gasteiger partial charge in [-0.15, -0.1) is 11.3 Å². The number of carbonyl (C=O) groups is 2. The van der Waals surface area contributed by atoms with Crippen molar-refractivity contribution in [1.29, 1.82) is 0 Å². The summed E-state index contributed by atoms with van der Waals surface area (Å²) < 4.78 is 4.87. The summed E-state index contributed by atoms with van der Waals surface area (Å²) in [4.78, 5) is 24.1. The molecule has 21 heavy (non-hydrogen) atoms. The van der Waals surface area contributed by atoms with Crippen molar-refractivity contribution in [2.45, 2.75) is 6.92 Å². The highest BCUT2D eigenvalue weighted by molar-refractivity contribution is 7.10. The van der Waals surface area contributed by atoms with Crippen LogP contribution >= 0.6 is 11.3 Å². The van der Waals surface area contributed by atoms with Crippen molar-refractivity contribution in [3.63, 3.8) is 0 Å². The molecule has 5 heteroatoms. The molecule has 0 spiro atoms. The van der Waals surface area contributed by atoms with Gasteiger partial charge in [-0.1, -0.05) is 18.2 Å². The van der Waals surface area contributed by atoms with E-state index in [2.05, 4.69) is 5.32 Å².